The van der Waals surface area contributed by atoms with E-state index in [1.54, 1.807) is 12.1 Å². The maximum Gasteiger partial charge on any atom is 0.254 e. The van der Waals surface area contributed by atoms with E-state index in [2.05, 4.69) is 5.32 Å². The largest absolute Gasteiger partial charge is 0.377 e. The van der Waals surface area contributed by atoms with Gasteiger partial charge in [0, 0.05) is 31.7 Å². The maximum atomic E-state index is 13.4. The molecule has 34 heavy (non-hydrogen) atoms. The molecule has 9 heteroatoms. The topological polar surface area (TPSA) is 96.0 Å². The van der Waals surface area contributed by atoms with E-state index < -0.39 is 16.1 Å². The van der Waals surface area contributed by atoms with Crippen LogP contribution in [0.15, 0.2) is 53.4 Å². The molecule has 2 aromatic carbocycles. The van der Waals surface area contributed by atoms with Crippen LogP contribution >= 0.6 is 0 Å². The molecule has 1 aliphatic carbocycles. The van der Waals surface area contributed by atoms with Gasteiger partial charge >= 0.3 is 0 Å². The van der Waals surface area contributed by atoms with Crippen LogP contribution in [0.2, 0.25) is 0 Å². The van der Waals surface area contributed by atoms with Crippen molar-refractivity contribution in [1.29, 1.82) is 0 Å². The van der Waals surface area contributed by atoms with Crippen LogP contribution in [0.25, 0.3) is 0 Å². The standard InChI is InChI=1S/C25H29N3O5S/c1-18-5-7-19(8-6-18)14-26-23(29)22-15-33-12-11-28(22)24(30)20-3-2-4-21(13-20)34(31,32)27-16-25(17-27)9-10-25/h2-8,13,22H,9-12,14-17H2,1H3,(H,26,29)/t22-/m1/s1. The highest BCUT2D eigenvalue weighted by molar-refractivity contribution is 7.89. The van der Waals surface area contributed by atoms with Crippen molar-refractivity contribution in [3.05, 3.63) is 65.2 Å². The number of hydrogen-bond acceptors (Lipinski definition) is 5. The first-order valence-electron chi connectivity index (χ1n) is 11.6. The zero-order valence-corrected chi connectivity index (χ0v) is 20.0. The van der Waals surface area contributed by atoms with Gasteiger partial charge in [-0.3, -0.25) is 9.59 Å². The van der Waals surface area contributed by atoms with Crippen molar-refractivity contribution in [2.24, 2.45) is 5.41 Å². The fourth-order valence-corrected chi connectivity index (χ4v) is 6.26. The van der Waals surface area contributed by atoms with Crippen molar-refractivity contribution >= 4 is 21.8 Å². The van der Waals surface area contributed by atoms with Gasteiger partial charge in [-0.1, -0.05) is 35.9 Å². The second kappa shape index (κ2) is 8.79. The summed E-state index contributed by atoms with van der Waals surface area (Å²) < 4.78 is 33.0. The van der Waals surface area contributed by atoms with Crippen molar-refractivity contribution < 1.29 is 22.7 Å². The van der Waals surface area contributed by atoms with Crippen LogP contribution in [0.4, 0.5) is 0 Å². The maximum absolute atomic E-state index is 13.4. The number of nitrogens with one attached hydrogen (secondary N) is 1. The van der Waals surface area contributed by atoms with Crippen LogP contribution in [0, 0.1) is 12.3 Å². The molecule has 2 heterocycles. The number of morpholine rings is 1. The Hall–Kier alpha value is -2.75. The number of hydrogen-bond donors (Lipinski definition) is 1. The van der Waals surface area contributed by atoms with Gasteiger partial charge in [0.15, 0.2) is 0 Å². The first-order valence-corrected chi connectivity index (χ1v) is 13.0. The number of rotatable bonds is 6. The molecule has 1 saturated carbocycles. The number of benzene rings is 2. The van der Waals surface area contributed by atoms with E-state index in [9.17, 15) is 18.0 Å². The average molecular weight is 484 g/mol. The van der Waals surface area contributed by atoms with E-state index in [0.717, 1.165) is 24.0 Å². The van der Waals surface area contributed by atoms with Gasteiger partial charge in [0.1, 0.15) is 6.04 Å². The minimum atomic E-state index is -3.63. The van der Waals surface area contributed by atoms with Crippen LogP contribution < -0.4 is 5.32 Å². The minimum absolute atomic E-state index is 0.0965. The van der Waals surface area contributed by atoms with E-state index in [4.69, 9.17) is 4.74 Å². The fraction of sp³-hybridized carbons (Fsp3) is 0.440. The molecule has 5 rings (SSSR count). The van der Waals surface area contributed by atoms with Gasteiger partial charge in [-0.05, 0) is 48.9 Å². The first kappa shape index (κ1) is 23.0. The van der Waals surface area contributed by atoms with Crippen molar-refractivity contribution in [2.45, 2.75) is 37.2 Å². The molecule has 2 saturated heterocycles. The van der Waals surface area contributed by atoms with Crippen LogP contribution in [0.5, 0.6) is 0 Å². The SMILES string of the molecule is Cc1ccc(CNC(=O)[C@H]2COCCN2C(=O)c2cccc(S(=O)(=O)N3CC4(CC4)C3)c2)cc1. The van der Waals surface area contributed by atoms with E-state index in [-0.39, 0.29) is 40.8 Å². The molecule has 1 spiro atoms. The zero-order valence-electron chi connectivity index (χ0n) is 19.2. The molecule has 2 amide bonds. The third-order valence-electron chi connectivity index (χ3n) is 6.98. The van der Waals surface area contributed by atoms with Gasteiger partial charge in [0.05, 0.1) is 18.1 Å². The Morgan fingerprint density at radius 3 is 2.56 bits per heavy atom. The van der Waals surface area contributed by atoms with Gasteiger partial charge in [0.2, 0.25) is 15.9 Å². The minimum Gasteiger partial charge on any atom is -0.377 e. The number of amides is 2. The summed E-state index contributed by atoms with van der Waals surface area (Å²) in [6, 6.07) is 13.2. The second-order valence-electron chi connectivity index (χ2n) is 9.59. The number of carbonyl (C=O) groups is 2. The third-order valence-corrected chi connectivity index (χ3v) is 8.77. The summed E-state index contributed by atoms with van der Waals surface area (Å²) in [5.74, 6) is -0.675. The lowest BCUT2D eigenvalue weighted by molar-refractivity contribution is -0.130. The molecule has 2 aromatic rings. The molecular formula is C25H29N3O5S. The number of carbonyl (C=O) groups excluding carboxylic acids is 2. The summed E-state index contributed by atoms with van der Waals surface area (Å²) in [5, 5.41) is 2.89. The van der Waals surface area contributed by atoms with Gasteiger partial charge in [-0.25, -0.2) is 8.42 Å². The summed E-state index contributed by atoms with van der Waals surface area (Å²) in [5.41, 5.74) is 2.55. The van der Waals surface area contributed by atoms with Gasteiger partial charge in [-0.15, -0.1) is 0 Å². The molecule has 2 aliphatic heterocycles. The van der Waals surface area contributed by atoms with Crippen molar-refractivity contribution in [3.63, 3.8) is 0 Å². The molecule has 0 aromatic heterocycles. The molecule has 0 bridgehead atoms. The van der Waals surface area contributed by atoms with Crippen LogP contribution in [0.1, 0.15) is 34.3 Å². The van der Waals surface area contributed by atoms with E-state index in [0.29, 0.717) is 26.2 Å². The number of sulfonamides is 1. The van der Waals surface area contributed by atoms with Crippen LogP contribution in [0.3, 0.4) is 0 Å². The van der Waals surface area contributed by atoms with Crippen LogP contribution in [-0.4, -0.2) is 68.3 Å². The molecular weight excluding hydrogens is 454 g/mol. The predicted molar refractivity (Wildman–Crippen MR) is 126 cm³/mol. The van der Waals surface area contributed by atoms with Crippen molar-refractivity contribution in [2.75, 3.05) is 32.8 Å². The monoisotopic (exact) mass is 483 g/mol. The Morgan fingerprint density at radius 1 is 1.12 bits per heavy atom. The number of nitrogens with zero attached hydrogens (tertiary/aromatic N) is 2. The van der Waals surface area contributed by atoms with Gasteiger partial charge < -0.3 is 15.0 Å². The highest BCUT2D eigenvalue weighted by atomic mass is 32.2. The Balaban J connectivity index is 1.29. The molecule has 1 atom stereocenters. The normalized spacial score (nSPS) is 21.7. The predicted octanol–water partition coefficient (Wildman–Crippen LogP) is 1.94. The quantitative estimate of drug-likeness (QED) is 0.678. The molecule has 180 valence electrons. The summed E-state index contributed by atoms with van der Waals surface area (Å²) in [7, 11) is -3.63. The Bertz CT molecular complexity index is 1200. The van der Waals surface area contributed by atoms with E-state index in [1.807, 2.05) is 31.2 Å². The summed E-state index contributed by atoms with van der Waals surface area (Å²) in [6.45, 7) is 4.13. The van der Waals surface area contributed by atoms with Crippen molar-refractivity contribution in [3.8, 4) is 0 Å². The number of aryl methyl sites for hydroxylation is 1. The fourth-order valence-electron chi connectivity index (χ4n) is 4.55. The smallest absolute Gasteiger partial charge is 0.254 e. The molecule has 8 nitrogen and oxygen atoms in total. The van der Waals surface area contributed by atoms with Crippen LogP contribution in [-0.2, 0) is 26.1 Å². The average Bonchev–Trinajstić information content (AvgIpc) is 3.64. The van der Waals surface area contributed by atoms with E-state index in [1.165, 1.54) is 21.3 Å². The first-order chi connectivity index (χ1) is 16.3. The molecule has 3 aliphatic rings. The highest BCUT2D eigenvalue weighted by Gasteiger charge is 2.56. The van der Waals surface area contributed by atoms with Gasteiger partial charge in [-0.2, -0.15) is 4.31 Å². The molecule has 3 fully saturated rings. The third kappa shape index (κ3) is 4.47. The lowest BCUT2D eigenvalue weighted by Gasteiger charge is -2.38. The number of ether oxygens (including phenoxy) is 1. The lowest BCUT2D eigenvalue weighted by Crippen LogP contribution is -2.55. The highest BCUT2D eigenvalue weighted by Crippen LogP contribution is 2.54. The second-order valence-corrected chi connectivity index (χ2v) is 11.5. The molecule has 0 unspecified atom stereocenters. The van der Waals surface area contributed by atoms with Crippen molar-refractivity contribution in [1.82, 2.24) is 14.5 Å². The summed E-state index contributed by atoms with van der Waals surface area (Å²) >= 11 is 0. The Labute approximate surface area is 199 Å². The molecule has 0 radical (unpaired) electrons. The summed E-state index contributed by atoms with van der Waals surface area (Å²) in [6.07, 6.45) is 2.17. The summed E-state index contributed by atoms with van der Waals surface area (Å²) in [4.78, 5) is 27.9. The Morgan fingerprint density at radius 2 is 1.85 bits per heavy atom. The Kier molecular flexibility index (Phi) is 5.95. The van der Waals surface area contributed by atoms with E-state index >= 15 is 0 Å². The lowest BCUT2D eigenvalue weighted by atomic mass is 10.0. The zero-order chi connectivity index (χ0) is 23.9. The van der Waals surface area contributed by atoms with Gasteiger partial charge in [0.25, 0.3) is 5.91 Å². The molecule has 1 N–H and O–H groups in total.